The number of phenols is 1. The SMILES string of the molecule is CC1(C)CC[C@]2(CO)CC[C@]3(C)C(=CC[C@@H]4[C@@]5(C)CC[C@H](OC(=O)/C=C/c6ccc(O)cc6)C(C)(C)[C@@H]5CC[C@]43C)[C@H]2C1. The van der Waals surface area contributed by atoms with Gasteiger partial charge in [0.05, 0.1) is 0 Å². The molecule has 0 aliphatic heterocycles. The monoisotopic (exact) mass is 588 g/mol. The molecule has 4 fully saturated rings. The smallest absolute Gasteiger partial charge is 0.331 e. The van der Waals surface area contributed by atoms with Gasteiger partial charge in [-0.05, 0) is 127 Å². The Labute approximate surface area is 260 Å². The summed E-state index contributed by atoms with van der Waals surface area (Å²) in [6.45, 7) is 17.7. The summed E-state index contributed by atoms with van der Waals surface area (Å²) in [5.41, 5.74) is 3.48. The fraction of sp³-hybridized carbons (Fsp3) is 0.718. The maximum Gasteiger partial charge on any atom is 0.331 e. The quantitative estimate of drug-likeness (QED) is 0.209. The Kier molecular flexibility index (Phi) is 7.36. The van der Waals surface area contributed by atoms with Crippen LogP contribution in [0.3, 0.4) is 0 Å². The van der Waals surface area contributed by atoms with Crippen LogP contribution in [0.1, 0.15) is 118 Å². The molecular weight excluding hydrogens is 532 g/mol. The molecule has 0 spiro atoms. The van der Waals surface area contributed by atoms with E-state index in [9.17, 15) is 15.0 Å². The first kappa shape index (κ1) is 30.9. The molecule has 0 unspecified atom stereocenters. The number of fused-ring (bicyclic) bond motifs is 7. The fourth-order valence-corrected chi connectivity index (χ4v) is 11.8. The topological polar surface area (TPSA) is 66.8 Å². The summed E-state index contributed by atoms with van der Waals surface area (Å²) in [6.07, 6.45) is 17.4. The molecule has 6 rings (SSSR count). The van der Waals surface area contributed by atoms with Crippen molar-refractivity contribution in [3.05, 3.63) is 47.6 Å². The van der Waals surface area contributed by atoms with Crippen molar-refractivity contribution in [2.75, 3.05) is 6.61 Å². The Bertz CT molecular complexity index is 1300. The van der Waals surface area contributed by atoms with Gasteiger partial charge in [-0.1, -0.05) is 72.2 Å². The number of carbonyl (C=O) groups is 1. The molecule has 8 atom stereocenters. The van der Waals surface area contributed by atoms with Gasteiger partial charge in [0.1, 0.15) is 11.9 Å². The summed E-state index contributed by atoms with van der Waals surface area (Å²) >= 11 is 0. The highest BCUT2D eigenvalue weighted by Crippen LogP contribution is 2.75. The maximum atomic E-state index is 13.0. The van der Waals surface area contributed by atoms with E-state index in [1.54, 1.807) is 35.9 Å². The van der Waals surface area contributed by atoms with Gasteiger partial charge in [-0.2, -0.15) is 0 Å². The van der Waals surface area contributed by atoms with E-state index >= 15 is 0 Å². The molecule has 0 saturated heterocycles. The largest absolute Gasteiger partial charge is 0.508 e. The number of benzene rings is 1. The molecule has 1 aromatic carbocycles. The third-order valence-electron chi connectivity index (χ3n) is 14.6. The van der Waals surface area contributed by atoms with Gasteiger partial charge < -0.3 is 14.9 Å². The zero-order valence-corrected chi connectivity index (χ0v) is 27.8. The van der Waals surface area contributed by atoms with E-state index in [-0.39, 0.29) is 44.9 Å². The number of esters is 1. The number of ether oxygens (including phenoxy) is 1. The molecule has 4 saturated carbocycles. The number of phenolic OH excluding ortho intramolecular Hbond substituents is 1. The lowest BCUT2D eigenvalue weighted by Gasteiger charge is -2.71. The molecular formula is C39H56O4. The average molecular weight is 589 g/mol. The molecule has 0 radical (unpaired) electrons. The van der Waals surface area contributed by atoms with E-state index in [2.05, 4.69) is 54.5 Å². The number of aliphatic hydroxyl groups excluding tert-OH is 1. The highest BCUT2D eigenvalue weighted by molar-refractivity contribution is 5.87. The van der Waals surface area contributed by atoms with Gasteiger partial charge >= 0.3 is 5.97 Å². The zero-order valence-electron chi connectivity index (χ0n) is 27.8. The predicted molar refractivity (Wildman–Crippen MR) is 173 cm³/mol. The molecule has 0 bridgehead atoms. The summed E-state index contributed by atoms with van der Waals surface area (Å²) < 4.78 is 6.20. The Morgan fingerprint density at radius 1 is 0.907 bits per heavy atom. The first-order chi connectivity index (χ1) is 20.1. The molecule has 2 N–H and O–H groups in total. The van der Waals surface area contributed by atoms with Crippen molar-refractivity contribution in [1.29, 1.82) is 0 Å². The van der Waals surface area contributed by atoms with Crippen LogP contribution in [0.25, 0.3) is 6.08 Å². The van der Waals surface area contributed by atoms with E-state index in [1.807, 2.05) is 0 Å². The number of hydrogen-bond acceptors (Lipinski definition) is 4. The van der Waals surface area contributed by atoms with Crippen LogP contribution in [-0.2, 0) is 9.53 Å². The lowest BCUT2D eigenvalue weighted by atomic mass is 9.33. The molecule has 43 heavy (non-hydrogen) atoms. The first-order valence-corrected chi connectivity index (χ1v) is 17.1. The molecule has 0 amide bonds. The molecule has 5 aliphatic carbocycles. The Morgan fingerprint density at radius 2 is 1.60 bits per heavy atom. The Hall–Kier alpha value is -2.07. The highest BCUT2D eigenvalue weighted by Gasteiger charge is 2.68. The lowest BCUT2D eigenvalue weighted by molar-refractivity contribution is -0.212. The standard InChI is InChI=1S/C39H56O4/c1-34(2)20-22-39(25-40)23-21-37(6)28(29(39)24-34)13-14-31-36(5)18-17-32(35(3,4)30(36)16-19-38(31,37)7)43-33(42)15-10-26-8-11-27(41)12-9-26/h8-13,15,29-32,40-41H,14,16-25H2,1-7H3/b15-10+/t29-,30+,31-,32+,36+,37-,38-,39-/m1/s1. The van der Waals surface area contributed by atoms with E-state index in [4.69, 9.17) is 4.74 Å². The molecule has 5 aliphatic rings. The van der Waals surface area contributed by atoms with Crippen LogP contribution in [0.4, 0.5) is 0 Å². The van der Waals surface area contributed by atoms with E-state index < -0.39 is 0 Å². The number of aliphatic hydroxyl groups is 1. The summed E-state index contributed by atoms with van der Waals surface area (Å²) in [5, 5.41) is 20.3. The van der Waals surface area contributed by atoms with E-state index in [0.29, 0.717) is 29.8 Å². The fourth-order valence-electron chi connectivity index (χ4n) is 11.8. The van der Waals surface area contributed by atoms with Crippen LogP contribution < -0.4 is 0 Å². The highest BCUT2D eigenvalue weighted by atomic mass is 16.5. The van der Waals surface area contributed by atoms with Crippen molar-refractivity contribution >= 4 is 12.0 Å². The third kappa shape index (κ3) is 4.67. The minimum Gasteiger partial charge on any atom is -0.508 e. The van der Waals surface area contributed by atoms with Gasteiger partial charge in [-0.15, -0.1) is 0 Å². The van der Waals surface area contributed by atoms with Crippen LogP contribution in [-0.4, -0.2) is 28.9 Å². The predicted octanol–water partition coefficient (Wildman–Crippen LogP) is 9.11. The number of allylic oxidation sites excluding steroid dienone is 2. The van der Waals surface area contributed by atoms with Gasteiger partial charge in [0.2, 0.25) is 0 Å². The van der Waals surface area contributed by atoms with Crippen molar-refractivity contribution in [2.45, 2.75) is 119 Å². The minimum atomic E-state index is -0.280. The van der Waals surface area contributed by atoms with Gasteiger partial charge in [0, 0.05) is 23.5 Å². The molecule has 1 aromatic rings. The number of hydrogen-bond donors (Lipinski definition) is 2. The Balaban J connectivity index is 1.25. The molecule has 4 nitrogen and oxygen atoms in total. The summed E-state index contributed by atoms with van der Waals surface area (Å²) in [6, 6.07) is 6.85. The van der Waals surface area contributed by atoms with Crippen molar-refractivity contribution in [3.63, 3.8) is 0 Å². The molecule has 236 valence electrons. The number of carbonyl (C=O) groups excluding carboxylic acids is 1. The second-order valence-electron chi connectivity index (χ2n) is 17.4. The number of aromatic hydroxyl groups is 1. The van der Waals surface area contributed by atoms with Gasteiger partial charge in [0.15, 0.2) is 0 Å². The van der Waals surface area contributed by atoms with Gasteiger partial charge in [-0.25, -0.2) is 4.79 Å². The van der Waals surface area contributed by atoms with Crippen LogP contribution in [0.2, 0.25) is 0 Å². The molecule has 0 aromatic heterocycles. The van der Waals surface area contributed by atoms with E-state index in [1.165, 1.54) is 38.2 Å². The first-order valence-electron chi connectivity index (χ1n) is 17.1. The van der Waals surface area contributed by atoms with Crippen molar-refractivity contribution in [2.24, 2.45) is 50.2 Å². The lowest BCUT2D eigenvalue weighted by Crippen LogP contribution is -2.65. The summed E-state index contributed by atoms with van der Waals surface area (Å²) in [4.78, 5) is 13.0. The minimum absolute atomic E-state index is 0.0752. The normalized spacial score (nSPS) is 43.0. The van der Waals surface area contributed by atoms with E-state index in [0.717, 1.165) is 37.7 Å². The van der Waals surface area contributed by atoms with Crippen LogP contribution in [0.15, 0.2) is 42.0 Å². The average Bonchev–Trinajstić information content (AvgIpc) is 2.94. The van der Waals surface area contributed by atoms with Gasteiger partial charge in [-0.3, -0.25) is 0 Å². The maximum absolute atomic E-state index is 13.0. The van der Waals surface area contributed by atoms with Gasteiger partial charge in [0.25, 0.3) is 0 Å². The van der Waals surface area contributed by atoms with Crippen molar-refractivity contribution in [3.8, 4) is 5.75 Å². The van der Waals surface area contributed by atoms with Crippen molar-refractivity contribution < 1.29 is 19.7 Å². The zero-order chi connectivity index (χ0) is 31.1. The number of rotatable bonds is 4. The third-order valence-corrected chi connectivity index (χ3v) is 14.6. The Morgan fingerprint density at radius 3 is 2.30 bits per heavy atom. The van der Waals surface area contributed by atoms with Crippen LogP contribution in [0, 0.1) is 50.2 Å². The second kappa shape index (κ2) is 10.2. The summed E-state index contributed by atoms with van der Waals surface area (Å²) in [7, 11) is 0. The van der Waals surface area contributed by atoms with Crippen molar-refractivity contribution in [1.82, 2.24) is 0 Å². The van der Waals surface area contributed by atoms with Crippen LogP contribution in [0.5, 0.6) is 5.75 Å². The van der Waals surface area contributed by atoms with Crippen LogP contribution >= 0.6 is 0 Å². The summed E-state index contributed by atoms with van der Waals surface area (Å²) in [5.74, 6) is 1.55. The molecule has 4 heteroatoms. The molecule has 0 heterocycles. The second-order valence-corrected chi connectivity index (χ2v) is 17.4.